The predicted molar refractivity (Wildman–Crippen MR) is 104 cm³/mol. The molecular formula is C19H17N5O2S. The Morgan fingerprint density at radius 2 is 2.00 bits per heavy atom. The molecule has 2 heterocycles. The Morgan fingerprint density at radius 1 is 1.19 bits per heavy atom. The van der Waals surface area contributed by atoms with Crippen molar-refractivity contribution in [3.05, 3.63) is 66.0 Å². The first-order chi connectivity index (χ1) is 13.2. The Kier molecular flexibility index (Phi) is 4.80. The summed E-state index contributed by atoms with van der Waals surface area (Å²) >= 11 is 1.44. The van der Waals surface area contributed by atoms with Crippen LogP contribution in [0.1, 0.15) is 11.3 Å². The van der Waals surface area contributed by atoms with Crippen molar-refractivity contribution in [2.75, 3.05) is 5.32 Å². The Balaban J connectivity index is 1.32. The highest BCUT2D eigenvalue weighted by Crippen LogP contribution is 2.25. The number of aromatic nitrogens is 4. The van der Waals surface area contributed by atoms with Gasteiger partial charge in [-0.25, -0.2) is 9.67 Å². The molecule has 0 radical (unpaired) electrons. The number of carbonyl (C=O) groups is 1. The molecule has 136 valence electrons. The second kappa shape index (κ2) is 7.55. The van der Waals surface area contributed by atoms with Gasteiger partial charge in [-0.2, -0.15) is 0 Å². The second-order valence-electron chi connectivity index (χ2n) is 6.04. The average molecular weight is 379 g/mol. The van der Waals surface area contributed by atoms with Crippen LogP contribution in [0.15, 0.2) is 54.7 Å². The Morgan fingerprint density at radius 3 is 2.81 bits per heavy atom. The highest BCUT2D eigenvalue weighted by molar-refractivity contribution is 7.22. The zero-order valence-electron chi connectivity index (χ0n) is 14.6. The number of rotatable bonds is 6. The van der Waals surface area contributed by atoms with Crippen molar-refractivity contribution >= 4 is 32.6 Å². The maximum atomic E-state index is 12.2. The zero-order chi connectivity index (χ0) is 18.6. The molecule has 7 nitrogen and oxygen atoms in total. The fourth-order valence-electron chi connectivity index (χ4n) is 2.51. The van der Waals surface area contributed by atoms with Crippen LogP contribution in [-0.4, -0.2) is 25.9 Å². The summed E-state index contributed by atoms with van der Waals surface area (Å²) in [4.78, 5) is 16.6. The summed E-state index contributed by atoms with van der Waals surface area (Å²) in [5, 5.41) is 11.4. The summed E-state index contributed by atoms with van der Waals surface area (Å²) in [7, 11) is 0. The third-order valence-corrected chi connectivity index (χ3v) is 4.79. The van der Waals surface area contributed by atoms with E-state index in [-0.39, 0.29) is 12.5 Å². The van der Waals surface area contributed by atoms with E-state index in [0.29, 0.717) is 17.4 Å². The van der Waals surface area contributed by atoms with Gasteiger partial charge in [-0.1, -0.05) is 46.4 Å². The number of benzene rings is 2. The number of amides is 1. The van der Waals surface area contributed by atoms with Gasteiger partial charge in [-0.3, -0.25) is 4.79 Å². The number of nitrogens with zero attached hydrogens (tertiary/aromatic N) is 4. The SMILES string of the molecule is Cc1ccc(OCc2cn(CC(=O)Nc3nc4ccccc4s3)nn2)cc1. The lowest BCUT2D eigenvalue weighted by molar-refractivity contribution is -0.116. The molecule has 0 bridgehead atoms. The van der Waals surface area contributed by atoms with Crippen LogP contribution >= 0.6 is 11.3 Å². The second-order valence-corrected chi connectivity index (χ2v) is 7.07. The number of para-hydroxylation sites is 1. The number of carbonyl (C=O) groups excluding carboxylic acids is 1. The lowest BCUT2D eigenvalue weighted by Crippen LogP contribution is -2.19. The minimum Gasteiger partial charge on any atom is -0.487 e. The van der Waals surface area contributed by atoms with E-state index in [1.165, 1.54) is 21.6 Å². The Bertz CT molecular complexity index is 1040. The number of hydrogen-bond donors (Lipinski definition) is 1. The molecule has 2 aromatic carbocycles. The largest absolute Gasteiger partial charge is 0.487 e. The standard InChI is InChI=1S/C19H17N5O2S/c1-13-6-8-15(9-7-13)26-12-14-10-24(23-22-14)11-18(25)21-19-20-16-4-2-3-5-17(16)27-19/h2-10H,11-12H2,1H3,(H,20,21,25). The first-order valence-electron chi connectivity index (χ1n) is 8.39. The maximum Gasteiger partial charge on any atom is 0.247 e. The van der Waals surface area contributed by atoms with Gasteiger partial charge in [0.2, 0.25) is 5.91 Å². The van der Waals surface area contributed by atoms with Crippen molar-refractivity contribution < 1.29 is 9.53 Å². The molecule has 0 spiro atoms. The molecule has 27 heavy (non-hydrogen) atoms. The number of thiazole rings is 1. The zero-order valence-corrected chi connectivity index (χ0v) is 15.4. The Hall–Kier alpha value is -3.26. The molecule has 4 rings (SSSR count). The summed E-state index contributed by atoms with van der Waals surface area (Å²) in [5.74, 6) is 0.564. The minimum atomic E-state index is -0.204. The highest BCUT2D eigenvalue weighted by atomic mass is 32.1. The molecule has 2 aromatic heterocycles. The summed E-state index contributed by atoms with van der Waals surface area (Å²) < 4.78 is 8.18. The van der Waals surface area contributed by atoms with Gasteiger partial charge in [-0.05, 0) is 31.2 Å². The minimum absolute atomic E-state index is 0.0630. The summed E-state index contributed by atoms with van der Waals surface area (Å²) in [5.41, 5.74) is 2.70. The van der Waals surface area contributed by atoms with E-state index in [4.69, 9.17) is 4.74 Å². The summed E-state index contributed by atoms with van der Waals surface area (Å²) in [6.07, 6.45) is 1.70. The topological polar surface area (TPSA) is 81.9 Å². The van der Waals surface area contributed by atoms with Crippen LogP contribution in [0.3, 0.4) is 0 Å². The molecule has 0 aliphatic heterocycles. The van der Waals surface area contributed by atoms with Gasteiger partial charge < -0.3 is 10.1 Å². The smallest absolute Gasteiger partial charge is 0.247 e. The predicted octanol–water partition coefficient (Wildman–Crippen LogP) is 3.41. The normalized spacial score (nSPS) is 10.9. The summed E-state index contributed by atoms with van der Waals surface area (Å²) in [6.45, 7) is 2.38. The van der Waals surface area contributed by atoms with Gasteiger partial charge in [-0.15, -0.1) is 5.10 Å². The number of ether oxygens (including phenoxy) is 1. The van der Waals surface area contributed by atoms with Crippen LogP contribution in [0.4, 0.5) is 5.13 Å². The van der Waals surface area contributed by atoms with Crippen molar-refractivity contribution in [2.24, 2.45) is 0 Å². The number of nitrogens with one attached hydrogen (secondary N) is 1. The third-order valence-electron chi connectivity index (χ3n) is 3.84. The Labute approximate surface area is 159 Å². The fourth-order valence-corrected chi connectivity index (χ4v) is 3.39. The molecule has 8 heteroatoms. The van der Waals surface area contributed by atoms with Gasteiger partial charge in [0.25, 0.3) is 0 Å². The van der Waals surface area contributed by atoms with E-state index < -0.39 is 0 Å². The van der Waals surface area contributed by atoms with E-state index in [2.05, 4.69) is 20.6 Å². The first kappa shape index (κ1) is 17.2. The summed E-state index contributed by atoms with van der Waals surface area (Å²) in [6, 6.07) is 15.5. The van der Waals surface area contributed by atoms with Crippen LogP contribution in [-0.2, 0) is 17.9 Å². The first-order valence-corrected chi connectivity index (χ1v) is 9.21. The van der Waals surface area contributed by atoms with Crippen molar-refractivity contribution in [1.82, 2.24) is 20.0 Å². The van der Waals surface area contributed by atoms with Crippen LogP contribution in [0.25, 0.3) is 10.2 Å². The van der Waals surface area contributed by atoms with Crippen molar-refractivity contribution in [2.45, 2.75) is 20.1 Å². The van der Waals surface area contributed by atoms with Gasteiger partial charge in [0, 0.05) is 0 Å². The molecule has 4 aromatic rings. The lowest BCUT2D eigenvalue weighted by Gasteiger charge is -2.03. The molecular weight excluding hydrogens is 362 g/mol. The molecule has 0 fully saturated rings. The van der Waals surface area contributed by atoms with Crippen LogP contribution in [0.5, 0.6) is 5.75 Å². The van der Waals surface area contributed by atoms with Gasteiger partial charge in [0.15, 0.2) is 5.13 Å². The number of fused-ring (bicyclic) bond motifs is 1. The van der Waals surface area contributed by atoms with Gasteiger partial charge >= 0.3 is 0 Å². The van der Waals surface area contributed by atoms with Crippen molar-refractivity contribution in [3.63, 3.8) is 0 Å². The van der Waals surface area contributed by atoms with Crippen molar-refractivity contribution in [1.29, 1.82) is 0 Å². The van der Waals surface area contributed by atoms with E-state index in [1.54, 1.807) is 6.20 Å². The molecule has 0 aliphatic rings. The van der Waals surface area contributed by atoms with E-state index in [0.717, 1.165) is 16.0 Å². The van der Waals surface area contributed by atoms with Gasteiger partial charge in [0.1, 0.15) is 24.6 Å². The van der Waals surface area contributed by atoms with Crippen molar-refractivity contribution in [3.8, 4) is 5.75 Å². The third kappa shape index (κ3) is 4.29. The van der Waals surface area contributed by atoms with Crippen LogP contribution < -0.4 is 10.1 Å². The number of aryl methyl sites for hydroxylation is 1. The fraction of sp³-hybridized carbons (Fsp3) is 0.158. The molecule has 0 saturated heterocycles. The quantitative estimate of drug-likeness (QED) is 0.555. The van der Waals surface area contributed by atoms with E-state index in [9.17, 15) is 4.79 Å². The average Bonchev–Trinajstić information content (AvgIpc) is 3.27. The number of hydrogen-bond acceptors (Lipinski definition) is 6. The van der Waals surface area contributed by atoms with E-state index >= 15 is 0 Å². The molecule has 1 amide bonds. The maximum absolute atomic E-state index is 12.2. The highest BCUT2D eigenvalue weighted by Gasteiger charge is 2.10. The molecule has 0 atom stereocenters. The number of anilines is 1. The van der Waals surface area contributed by atoms with Gasteiger partial charge in [0.05, 0.1) is 16.4 Å². The van der Waals surface area contributed by atoms with Crippen LogP contribution in [0, 0.1) is 6.92 Å². The molecule has 0 unspecified atom stereocenters. The molecule has 0 saturated carbocycles. The van der Waals surface area contributed by atoms with Crippen LogP contribution in [0.2, 0.25) is 0 Å². The monoisotopic (exact) mass is 379 g/mol. The molecule has 0 aliphatic carbocycles. The molecule has 1 N–H and O–H groups in total. The van der Waals surface area contributed by atoms with E-state index in [1.807, 2.05) is 55.5 Å². The lowest BCUT2D eigenvalue weighted by atomic mass is 10.2.